The van der Waals surface area contributed by atoms with Crippen molar-refractivity contribution in [3.63, 3.8) is 0 Å². The molecule has 1 aromatic rings. The first-order chi connectivity index (χ1) is 7.25. The summed E-state index contributed by atoms with van der Waals surface area (Å²) in [6.07, 6.45) is 3.77. The fourth-order valence-electron chi connectivity index (χ4n) is 1.68. The van der Waals surface area contributed by atoms with E-state index in [1.54, 1.807) is 0 Å². The van der Waals surface area contributed by atoms with Gasteiger partial charge in [-0.1, -0.05) is 56.5 Å². The lowest BCUT2D eigenvalue weighted by Crippen LogP contribution is -2.25. The van der Waals surface area contributed by atoms with Crippen LogP contribution in [-0.4, -0.2) is 11.2 Å². The van der Waals surface area contributed by atoms with Crippen LogP contribution in [0.1, 0.15) is 44.2 Å². The maximum atomic E-state index is 9.87. The quantitative estimate of drug-likeness (QED) is 0.704. The highest BCUT2D eigenvalue weighted by atomic mass is 16.3. The summed E-state index contributed by atoms with van der Waals surface area (Å²) in [5.74, 6) is 0. The summed E-state index contributed by atoms with van der Waals surface area (Å²) in [6.45, 7) is 2.16. The zero-order chi connectivity index (χ0) is 11.1. The minimum atomic E-state index is -0.418. The lowest BCUT2D eigenvalue weighted by molar-refractivity contribution is 0.132. The molecule has 0 amide bonds. The smallest absolute Gasteiger partial charge is 0.0732 e. The average molecular weight is 207 g/mol. The van der Waals surface area contributed by atoms with Gasteiger partial charge < -0.3 is 10.8 Å². The van der Waals surface area contributed by atoms with Crippen LogP contribution in [0.15, 0.2) is 30.3 Å². The third-order valence-corrected chi connectivity index (χ3v) is 2.70. The van der Waals surface area contributed by atoms with Crippen molar-refractivity contribution in [2.45, 2.75) is 44.8 Å². The number of aliphatic hydroxyl groups is 1. The Morgan fingerprint density at radius 3 is 2.47 bits per heavy atom. The van der Waals surface area contributed by atoms with E-state index in [2.05, 4.69) is 6.92 Å². The van der Waals surface area contributed by atoms with Crippen LogP contribution in [0.5, 0.6) is 0 Å². The van der Waals surface area contributed by atoms with Crippen molar-refractivity contribution in [1.29, 1.82) is 0 Å². The summed E-state index contributed by atoms with van der Waals surface area (Å²) in [4.78, 5) is 0. The van der Waals surface area contributed by atoms with Crippen LogP contribution in [0.2, 0.25) is 0 Å². The number of hydrogen-bond acceptors (Lipinski definition) is 2. The highest BCUT2D eigenvalue weighted by molar-refractivity contribution is 5.19. The molecule has 15 heavy (non-hydrogen) atoms. The normalized spacial score (nSPS) is 14.9. The number of hydrogen-bond donors (Lipinski definition) is 2. The molecule has 1 rings (SSSR count). The molecule has 0 saturated heterocycles. The summed E-state index contributed by atoms with van der Waals surface area (Å²) in [6, 6.07) is 9.55. The first-order valence-electron chi connectivity index (χ1n) is 5.74. The predicted octanol–water partition coefficient (Wildman–Crippen LogP) is 2.63. The standard InChI is InChI=1S/C13H21NO/c1-2-3-5-10-12(15)13(14)11-8-6-4-7-9-11/h4,6-9,12-13,15H,2-3,5,10,14H2,1H3. The summed E-state index contributed by atoms with van der Waals surface area (Å²) < 4.78 is 0. The van der Waals surface area contributed by atoms with E-state index in [1.165, 1.54) is 12.8 Å². The second kappa shape index (κ2) is 6.59. The SMILES string of the molecule is CCCCCC(O)C(N)c1ccccc1. The molecule has 0 fully saturated rings. The van der Waals surface area contributed by atoms with Crippen LogP contribution in [0, 0.1) is 0 Å². The molecule has 0 heterocycles. The molecular formula is C13H21NO. The van der Waals surface area contributed by atoms with Crippen molar-refractivity contribution in [3.05, 3.63) is 35.9 Å². The van der Waals surface area contributed by atoms with E-state index in [9.17, 15) is 5.11 Å². The van der Waals surface area contributed by atoms with Gasteiger partial charge in [0.15, 0.2) is 0 Å². The highest BCUT2D eigenvalue weighted by Gasteiger charge is 2.15. The largest absolute Gasteiger partial charge is 0.391 e. The first-order valence-corrected chi connectivity index (χ1v) is 5.74. The van der Waals surface area contributed by atoms with Crippen LogP contribution >= 0.6 is 0 Å². The van der Waals surface area contributed by atoms with Gasteiger partial charge in [-0.2, -0.15) is 0 Å². The zero-order valence-electron chi connectivity index (χ0n) is 9.39. The summed E-state index contributed by atoms with van der Waals surface area (Å²) in [5.41, 5.74) is 6.99. The van der Waals surface area contributed by atoms with E-state index in [-0.39, 0.29) is 6.04 Å². The molecule has 0 spiro atoms. The molecule has 0 saturated carbocycles. The minimum Gasteiger partial charge on any atom is -0.391 e. The van der Waals surface area contributed by atoms with Gasteiger partial charge in [0.05, 0.1) is 12.1 Å². The Hall–Kier alpha value is -0.860. The maximum Gasteiger partial charge on any atom is 0.0732 e. The van der Waals surface area contributed by atoms with Crippen LogP contribution in [0.25, 0.3) is 0 Å². The Morgan fingerprint density at radius 1 is 1.20 bits per heavy atom. The van der Waals surface area contributed by atoms with Gasteiger partial charge in [-0.05, 0) is 12.0 Å². The summed E-state index contributed by atoms with van der Waals surface area (Å²) in [5, 5.41) is 9.87. The van der Waals surface area contributed by atoms with Crippen LogP contribution in [0.4, 0.5) is 0 Å². The Labute approximate surface area is 92.1 Å². The highest BCUT2D eigenvalue weighted by Crippen LogP contribution is 2.17. The molecule has 0 aliphatic carbocycles. The van der Waals surface area contributed by atoms with Gasteiger partial charge in [-0.3, -0.25) is 0 Å². The van der Waals surface area contributed by atoms with Crippen molar-refractivity contribution in [1.82, 2.24) is 0 Å². The van der Waals surface area contributed by atoms with Crippen molar-refractivity contribution < 1.29 is 5.11 Å². The number of nitrogens with two attached hydrogens (primary N) is 1. The van der Waals surface area contributed by atoms with Gasteiger partial charge in [0.2, 0.25) is 0 Å². The second-order valence-electron chi connectivity index (χ2n) is 4.00. The molecule has 0 aromatic heterocycles. The molecule has 3 N–H and O–H groups in total. The lowest BCUT2D eigenvalue weighted by atomic mass is 9.98. The minimum absolute atomic E-state index is 0.247. The van der Waals surface area contributed by atoms with Crippen molar-refractivity contribution in [2.75, 3.05) is 0 Å². The lowest BCUT2D eigenvalue weighted by Gasteiger charge is -2.18. The molecular weight excluding hydrogens is 186 g/mol. The molecule has 0 bridgehead atoms. The summed E-state index contributed by atoms with van der Waals surface area (Å²) in [7, 11) is 0. The Kier molecular flexibility index (Phi) is 5.37. The number of rotatable bonds is 6. The molecule has 2 nitrogen and oxygen atoms in total. The van der Waals surface area contributed by atoms with Crippen LogP contribution < -0.4 is 5.73 Å². The van der Waals surface area contributed by atoms with E-state index >= 15 is 0 Å². The number of unbranched alkanes of at least 4 members (excludes halogenated alkanes) is 2. The van der Waals surface area contributed by atoms with E-state index in [0.29, 0.717) is 0 Å². The molecule has 0 aliphatic rings. The van der Waals surface area contributed by atoms with Gasteiger partial charge in [-0.15, -0.1) is 0 Å². The molecule has 0 radical (unpaired) electrons. The number of benzene rings is 1. The van der Waals surface area contributed by atoms with Gasteiger partial charge in [0.1, 0.15) is 0 Å². The topological polar surface area (TPSA) is 46.2 Å². The van der Waals surface area contributed by atoms with E-state index in [1.807, 2.05) is 30.3 Å². The van der Waals surface area contributed by atoms with Crippen molar-refractivity contribution >= 4 is 0 Å². The first kappa shape index (κ1) is 12.2. The third kappa shape index (κ3) is 4.02. The van der Waals surface area contributed by atoms with E-state index in [4.69, 9.17) is 5.73 Å². The van der Waals surface area contributed by atoms with Crippen molar-refractivity contribution in [3.8, 4) is 0 Å². The predicted molar refractivity (Wildman–Crippen MR) is 63.5 cm³/mol. The monoisotopic (exact) mass is 207 g/mol. The summed E-state index contributed by atoms with van der Waals surface area (Å²) >= 11 is 0. The molecule has 2 heteroatoms. The fraction of sp³-hybridized carbons (Fsp3) is 0.538. The molecule has 2 unspecified atom stereocenters. The fourth-order valence-corrected chi connectivity index (χ4v) is 1.68. The Balaban J connectivity index is 2.42. The van der Waals surface area contributed by atoms with Gasteiger partial charge in [-0.25, -0.2) is 0 Å². The van der Waals surface area contributed by atoms with Gasteiger partial charge >= 0.3 is 0 Å². The van der Waals surface area contributed by atoms with Gasteiger partial charge in [0.25, 0.3) is 0 Å². The maximum absolute atomic E-state index is 9.87. The van der Waals surface area contributed by atoms with Crippen LogP contribution in [-0.2, 0) is 0 Å². The molecule has 84 valence electrons. The van der Waals surface area contributed by atoms with E-state index < -0.39 is 6.10 Å². The number of aliphatic hydroxyl groups excluding tert-OH is 1. The Morgan fingerprint density at radius 2 is 1.87 bits per heavy atom. The molecule has 2 atom stereocenters. The molecule has 1 aromatic carbocycles. The zero-order valence-corrected chi connectivity index (χ0v) is 9.39. The van der Waals surface area contributed by atoms with Crippen LogP contribution in [0.3, 0.4) is 0 Å². The third-order valence-electron chi connectivity index (χ3n) is 2.70. The molecule has 0 aliphatic heterocycles. The van der Waals surface area contributed by atoms with Crippen molar-refractivity contribution in [2.24, 2.45) is 5.73 Å². The van der Waals surface area contributed by atoms with Gasteiger partial charge in [0, 0.05) is 0 Å². The second-order valence-corrected chi connectivity index (χ2v) is 4.00. The average Bonchev–Trinajstić information content (AvgIpc) is 2.29. The van der Waals surface area contributed by atoms with E-state index in [0.717, 1.165) is 18.4 Å². The Bertz CT molecular complexity index is 260.